The molecule has 0 aromatic carbocycles. The van der Waals surface area contributed by atoms with Crippen LogP contribution in [0.25, 0.3) is 0 Å². The number of nitrogens with two attached hydrogens (primary N) is 1. The van der Waals surface area contributed by atoms with Gasteiger partial charge in [0.15, 0.2) is 0 Å². The second-order valence-electron chi connectivity index (χ2n) is 6.83. The van der Waals surface area contributed by atoms with Gasteiger partial charge < -0.3 is 46.6 Å². The van der Waals surface area contributed by atoms with E-state index in [1.807, 2.05) is 0 Å². The minimum atomic E-state index is -1.26. The minimum Gasteiger partial charge on any atom is -0.480 e. The zero-order valence-electron chi connectivity index (χ0n) is 19.6. The van der Waals surface area contributed by atoms with Crippen LogP contribution in [-0.2, 0) is 33.6 Å². The van der Waals surface area contributed by atoms with Crippen molar-refractivity contribution in [2.45, 2.75) is 0 Å². The van der Waals surface area contributed by atoms with E-state index in [4.69, 9.17) is 46.6 Å². The van der Waals surface area contributed by atoms with Crippen molar-refractivity contribution in [3.8, 4) is 0 Å². The molecule has 37 heavy (non-hydrogen) atoms. The van der Waals surface area contributed by atoms with E-state index < -0.39 is 61.4 Å². The summed E-state index contributed by atoms with van der Waals surface area (Å²) in [4.78, 5) is 74.3. The van der Waals surface area contributed by atoms with E-state index in [0.29, 0.717) is 0 Å². The lowest BCUT2D eigenvalue weighted by molar-refractivity contribution is -0.146. The van der Waals surface area contributed by atoms with Crippen LogP contribution in [0.15, 0.2) is 0 Å². The molecule has 0 aliphatic rings. The summed E-state index contributed by atoms with van der Waals surface area (Å²) in [6.45, 7) is -2.78. The molecule has 0 heterocycles. The van der Waals surface area contributed by atoms with Gasteiger partial charge in [-0.05, 0) is 0 Å². The van der Waals surface area contributed by atoms with Crippen molar-refractivity contribution in [3.63, 3.8) is 0 Å². The first kappa shape index (κ1) is 37.6. The van der Waals surface area contributed by atoms with E-state index in [9.17, 15) is 33.6 Å². The minimum absolute atomic E-state index is 0.0542. The lowest BCUT2D eigenvalue weighted by Gasteiger charge is -2.15. The average molecular weight is 544 g/mol. The van der Waals surface area contributed by atoms with Crippen LogP contribution in [-0.4, -0.2) is 169 Å². The van der Waals surface area contributed by atoms with Crippen molar-refractivity contribution in [3.05, 3.63) is 0 Å². The van der Waals surface area contributed by atoms with E-state index >= 15 is 0 Å². The number of carboxylic acid groups (broad SMARTS) is 7. The molecule has 19 nitrogen and oxygen atoms in total. The van der Waals surface area contributed by atoms with Crippen LogP contribution in [0.1, 0.15) is 0 Å². The molecule has 0 aliphatic carbocycles. The largest absolute Gasteiger partial charge is 0.480 e. The molecule has 0 saturated carbocycles. The molecule has 214 valence electrons. The van der Waals surface area contributed by atoms with Gasteiger partial charge in [-0.25, -0.2) is 0 Å². The topological polar surface area (TPSA) is 317 Å². The first-order valence-corrected chi connectivity index (χ1v) is 10.0. The highest BCUT2D eigenvalue weighted by atomic mass is 16.4. The second kappa shape index (κ2) is 22.5. The van der Waals surface area contributed by atoms with E-state index in [0.717, 1.165) is 9.80 Å². The maximum Gasteiger partial charge on any atom is 0.317 e. The smallest absolute Gasteiger partial charge is 0.317 e. The molecule has 0 aromatic rings. The highest BCUT2D eigenvalue weighted by Gasteiger charge is 2.16. The molecule has 0 radical (unpaired) electrons. The molecule has 0 fully saturated rings. The molecule has 0 rings (SSSR count). The van der Waals surface area contributed by atoms with Crippen LogP contribution in [0.3, 0.4) is 0 Å². The maximum absolute atomic E-state index is 10.2. The highest BCUT2D eigenvalue weighted by Crippen LogP contribution is 1.88. The van der Waals surface area contributed by atoms with Crippen molar-refractivity contribution in [2.75, 3.05) is 72.1 Å². The summed E-state index contributed by atoms with van der Waals surface area (Å²) >= 11 is 0. The Morgan fingerprint density at radius 2 is 0.649 bits per heavy atom. The van der Waals surface area contributed by atoms with E-state index in [2.05, 4.69) is 0 Å². The van der Waals surface area contributed by atoms with Gasteiger partial charge in [0.2, 0.25) is 0 Å². The third-order valence-electron chi connectivity index (χ3n) is 3.37. The van der Waals surface area contributed by atoms with Gasteiger partial charge in [-0.2, -0.15) is 0 Å². The summed E-state index contributed by atoms with van der Waals surface area (Å²) in [7, 11) is 0. The Balaban J connectivity index is -0.000000469. The number of hydrogen-bond acceptors (Lipinski definition) is 12. The number of nitrogens with zero attached hydrogens (tertiary/aromatic N) is 3. The second-order valence-corrected chi connectivity index (χ2v) is 6.83. The van der Waals surface area contributed by atoms with Gasteiger partial charge in [-0.3, -0.25) is 48.3 Å². The van der Waals surface area contributed by atoms with Gasteiger partial charge in [0, 0.05) is 19.6 Å². The Bertz CT molecular complexity index is 653. The number of carboxylic acids is 7. The fourth-order valence-corrected chi connectivity index (χ4v) is 2.26. The van der Waals surface area contributed by atoms with Crippen LogP contribution in [0.4, 0.5) is 0 Å². The number of aliphatic carboxylic acids is 7. The number of aliphatic hydroxyl groups excluding tert-OH is 1. The van der Waals surface area contributed by atoms with Gasteiger partial charge in [0.25, 0.3) is 0 Å². The molecule has 0 unspecified atom stereocenters. The van der Waals surface area contributed by atoms with Crippen molar-refractivity contribution in [2.24, 2.45) is 5.73 Å². The standard InChI is InChI=1S/C6H12N2O4.C6H9NO6.C6H11NO5/c7-1-2-8(3-5(9)10)4-6(11)12;8-4(9)1-7(2-5(10)11)3-6(12)13;8-2-1-7(3-5(9)10)4-6(11)12/h1-4,7H2,(H,9,10)(H,11,12);1-3H2,(H,8,9)(H,10,11)(H,12,13);8H,1-4H2,(H,9,10)(H,11,12). The predicted molar refractivity (Wildman–Crippen MR) is 119 cm³/mol. The lowest BCUT2D eigenvalue weighted by Crippen LogP contribution is -2.38. The molecule has 19 heteroatoms. The Morgan fingerprint density at radius 3 is 0.838 bits per heavy atom. The Labute approximate surface area is 209 Å². The number of hydrogen-bond donors (Lipinski definition) is 9. The van der Waals surface area contributed by atoms with Crippen LogP contribution >= 0.6 is 0 Å². The predicted octanol–water partition coefficient (Wildman–Crippen LogP) is -4.59. The number of aliphatic hydroxyl groups is 1. The molecule has 0 atom stereocenters. The van der Waals surface area contributed by atoms with Gasteiger partial charge in [-0.1, -0.05) is 0 Å². The third-order valence-corrected chi connectivity index (χ3v) is 3.37. The Morgan fingerprint density at radius 1 is 0.432 bits per heavy atom. The molecular weight excluding hydrogens is 512 g/mol. The fraction of sp³-hybridized carbons (Fsp3) is 0.611. The first-order chi connectivity index (χ1) is 17.0. The molecule has 0 bridgehead atoms. The highest BCUT2D eigenvalue weighted by molar-refractivity contribution is 5.76. The van der Waals surface area contributed by atoms with Crippen molar-refractivity contribution in [1.29, 1.82) is 0 Å². The summed E-state index contributed by atoms with van der Waals surface area (Å²) in [5.41, 5.74) is 5.15. The molecule has 0 aliphatic heterocycles. The summed E-state index contributed by atoms with van der Waals surface area (Å²) in [6, 6.07) is 0. The fourth-order valence-electron chi connectivity index (χ4n) is 2.26. The number of rotatable bonds is 18. The number of carbonyl (C=O) groups is 7. The summed E-state index contributed by atoms with van der Waals surface area (Å²) < 4.78 is 0. The monoisotopic (exact) mass is 544 g/mol. The lowest BCUT2D eigenvalue weighted by atomic mass is 10.4. The van der Waals surface area contributed by atoms with Gasteiger partial charge in [0.05, 0.1) is 52.4 Å². The molecule has 0 spiro atoms. The average Bonchev–Trinajstić information content (AvgIpc) is 2.65. The van der Waals surface area contributed by atoms with Gasteiger partial charge in [-0.15, -0.1) is 0 Å². The van der Waals surface area contributed by atoms with Gasteiger partial charge >= 0.3 is 41.8 Å². The molecule has 0 saturated heterocycles. The van der Waals surface area contributed by atoms with Crippen LogP contribution in [0, 0.1) is 0 Å². The zero-order chi connectivity index (χ0) is 29.6. The maximum atomic E-state index is 10.2. The molecule has 0 aromatic heterocycles. The SMILES string of the molecule is NCCN(CC(=O)O)CC(=O)O.O=C(O)CN(CC(=O)O)CC(=O)O.O=C(O)CN(CCO)CC(=O)O. The van der Waals surface area contributed by atoms with Crippen molar-refractivity contribution < 1.29 is 74.4 Å². The molecular formula is C18H32N4O15. The van der Waals surface area contributed by atoms with E-state index in [1.54, 1.807) is 0 Å². The van der Waals surface area contributed by atoms with E-state index in [1.165, 1.54) is 4.90 Å². The molecule has 10 N–H and O–H groups in total. The van der Waals surface area contributed by atoms with Crippen LogP contribution in [0.2, 0.25) is 0 Å². The summed E-state index contributed by atoms with van der Waals surface area (Å²) in [6.07, 6.45) is 0. The van der Waals surface area contributed by atoms with E-state index in [-0.39, 0.29) is 52.4 Å². The van der Waals surface area contributed by atoms with Crippen LogP contribution in [0.5, 0.6) is 0 Å². The first-order valence-electron chi connectivity index (χ1n) is 10.0. The van der Waals surface area contributed by atoms with Crippen molar-refractivity contribution in [1.82, 2.24) is 14.7 Å². The zero-order valence-corrected chi connectivity index (χ0v) is 19.6. The normalized spacial score (nSPS) is 10.1. The van der Waals surface area contributed by atoms with Gasteiger partial charge in [0.1, 0.15) is 0 Å². The quantitative estimate of drug-likeness (QED) is 0.0783. The summed E-state index contributed by atoms with van der Waals surface area (Å²) in [5.74, 6) is -8.10. The Kier molecular flexibility index (Phi) is 22.9. The van der Waals surface area contributed by atoms with Crippen molar-refractivity contribution >= 4 is 41.8 Å². The summed E-state index contributed by atoms with van der Waals surface area (Å²) in [5, 5.41) is 66.6. The third kappa shape index (κ3) is 32.1. The molecule has 0 amide bonds. The van der Waals surface area contributed by atoms with Crippen LogP contribution < -0.4 is 5.73 Å². The Hall–Kier alpha value is -3.91.